The van der Waals surface area contributed by atoms with Gasteiger partial charge in [0.25, 0.3) is 0 Å². The Kier molecular flexibility index (Phi) is 11.3. The largest absolute Gasteiger partial charge is 0.478 e. The molecule has 4 nitrogen and oxygen atoms in total. The van der Waals surface area contributed by atoms with E-state index in [9.17, 15) is 9.59 Å². The van der Waals surface area contributed by atoms with Gasteiger partial charge in [-0.2, -0.15) is 0 Å². The summed E-state index contributed by atoms with van der Waals surface area (Å²) in [4.78, 5) is 20.2. The minimum atomic E-state index is -0.922. The van der Waals surface area contributed by atoms with Gasteiger partial charge in [0.1, 0.15) is 0 Å². The molecule has 0 spiro atoms. The summed E-state index contributed by atoms with van der Waals surface area (Å²) in [5.74, 6) is -1.84. The van der Waals surface area contributed by atoms with Gasteiger partial charge in [0.2, 0.25) is 0 Å². The molecular weight excluding hydrogens is 352 g/mol. The molecule has 3 rings (SSSR count). The lowest BCUT2D eigenvalue weighted by Gasteiger charge is -1.87. The van der Waals surface area contributed by atoms with Crippen molar-refractivity contribution in [2.24, 2.45) is 0 Å². The molecule has 0 heterocycles. The fraction of sp³-hybridized carbons (Fsp3) is 0. The fourth-order valence-corrected chi connectivity index (χ4v) is 1.85. The van der Waals surface area contributed by atoms with E-state index in [1.165, 1.54) is 0 Å². The zero-order valence-electron chi connectivity index (χ0n) is 15.3. The van der Waals surface area contributed by atoms with Gasteiger partial charge in [0.15, 0.2) is 0 Å². The predicted octanol–water partition coefficient (Wildman–Crippen LogP) is 5.26. The number of benzene rings is 3. The Morgan fingerprint density at radius 2 is 0.750 bits per heavy atom. The Hall–Kier alpha value is -3.92. The van der Waals surface area contributed by atoms with Gasteiger partial charge < -0.3 is 10.2 Å². The number of hydrogen-bond donors (Lipinski definition) is 2. The Labute approximate surface area is 164 Å². The molecule has 0 aliphatic heterocycles. The van der Waals surface area contributed by atoms with Crippen LogP contribution in [0.1, 0.15) is 11.1 Å². The molecule has 0 aliphatic rings. The van der Waals surface area contributed by atoms with Crippen LogP contribution in [0.5, 0.6) is 0 Å². The lowest BCUT2D eigenvalue weighted by molar-refractivity contribution is -0.132. The summed E-state index contributed by atoms with van der Waals surface area (Å²) in [6, 6.07) is 30.6. The molecule has 0 unspecified atom stereocenters. The number of aliphatic carboxylic acids is 2. The molecule has 4 heteroatoms. The number of carboxylic acids is 2. The lowest BCUT2D eigenvalue weighted by Crippen LogP contribution is -1.85. The van der Waals surface area contributed by atoms with E-state index in [0.29, 0.717) is 0 Å². The minimum absolute atomic E-state index is 0.898. The molecule has 0 amide bonds. The first-order valence-corrected chi connectivity index (χ1v) is 8.50. The van der Waals surface area contributed by atoms with Gasteiger partial charge in [-0.1, -0.05) is 97.1 Å². The van der Waals surface area contributed by atoms with Crippen molar-refractivity contribution in [2.45, 2.75) is 0 Å². The van der Waals surface area contributed by atoms with E-state index in [0.717, 1.165) is 23.3 Å². The fourth-order valence-electron chi connectivity index (χ4n) is 1.85. The molecule has 0 aliphatic carbocycles. The SMILES string of the molecule is O=C(O)C=Cc1ccccc1.O=C(O)C=Cc1ccccc1.c1ccccc1. The Bertz CT molecular complexity index is 769. The number of carbonyl (C=O) groups is 2. The normalized spacial score (nSPS) is 9.71. The van der Waals surface area contributed by atoms with Crippen molar-refractivity contribution in [3.05, 3.63) is 120 Å². The number of hydrogen-bond acceptors (Lipinski definition) is 2. The molecule has 0 atom stereocenters. The third-order valence-electron chi connectivity index (χ3n) is 3.10. The highest BCUT2D eigenvalue weighted by Crippen LogP contribution is 2.00. The predicted molar refractivity (Wildman–Crippen MR) is 113 cm³/mol. The Morgan fingerprint density at radius 3 is 1.00 bits per heavy atom. The average Bonchev–Trinajstić information content (AvgIpc) is 2.74. The second-order valence-corrected chi connectivity index (χ2v) is 5.32. The summed E-state index contributed by atoms with van der Waals surface area (Å²) in [5.41, 5.74) is 1.80. The van der Waals surface area contributed by atoms with E-state index in [-0.39, 0.29) is 0 Å². The molecule has 0 saturated carbocycles. The molecule has 28 heavy (non-hydrogen) atoms. The van der Waals surface area contributed by atoms with E-state index < -0.39 is 11.9 Å². The first kappa shape index (κ1) is 22.1. The van der Waals surface area contributed by atoms with Crippen LogP contribution in [-0.4, -0.2) is 22.2 Å². The number of carboxylic acid groups (broad SMARTS) is 2. The maximum atomic E-state index is 10.1. The van der Waals surface area contributed by atoms with E-state index >= 15 is 0 Å². The topological polar surface area (TPSA) is 74.6 Å². The van der Waals surface area contributed by atoms with Crippen LogP contribution in [-0.2, 0) is 9.59 Å². The van der Waals surface area contributed by atoms with Crippen molar-refractivity contribution in [2.75, 3.05) is 0 Å². The third-order valence-corrected chi connectivity index (χ3v) is 3.10. The van der Waals surface area contributed by atoms with Crippen molar-refractivity contribution in [3.8, 4) is 0 Å². The Balaban J connectivity index is 0.000000219. The van der Waals surface area contributed by atoms with Gasteiger partial charge in [-0.05, 0) is 23.3 Å². The van der Waals surface area contributed by atoms with Crippen LogP contribution in [0, 0.1) is 0 Å². The highest BCUT2D eigenvalue weighted by molar-refractivity contribution is 5.85. The maximum Gasteiger partial charge on any atom is 0.328 e. The van der Waals surface area contributed by atoms with Crippen LogP contribution in [0.2, 0.25) is 0 Å². The van der Waals surface area contributed by atoms with Crippen LogP contribution < -0.4 is 0 Å². The minimum Gasteiger partial charge on any atom is -0.478 e. The molecule has 0 saturated heterocycles. The Morgan fingerprint density at radius 1 is 0.500 bits per heavy atom. The van der Waals surface area contributed by atoms with Crippen LogP contribution in [0.15, 0.2) is 109 Å². The molecule has 3 aromatic carbocycles. The van der Waals surface area contributed by atoms with E-state index in [2.05, 4.69) is 0 Å². The standard InChI is InChI=1S/2C9H8O2.C6H6/c2*10-9(11)7-6-8-4-2-1-3-5-8;1-2-4-6-5-3-1/h2*1-7H,(H,10,11);1-6H. The maximum absolute atomic E-state index is 10.1. The van der Waals surface area contributed by atoms with Gasteiger partial charge in [-0.3, -0.25) is 0 Å². The first-order valence-electron chi connectivity index (χ1n) is 8.50. The second kappa shape index (κ2) is 14.3. The smallest absolute Gasteiger partial charge is 0.328 e. The van der Waals surface area contributed by atoms with Crippen molar-refractivity contribution < 1.29 is 19.8 Å². The molecule has 0 aromatic heterocycles. The summed E-state index contributed by atoms with van der Waals surface area (Å²) in [6.45, 7) is 0. The highest BCUT2D eigenvalue weighted by atomic mass is 16.4. The zero-order valence-corrected chi connectivity index (χ0v) is 15.3. The van der Waals surface area contributed by atoms with Crippen LogP contribution in [0.4, 0.5) is 0 Å². The second-order valence-electron chi connectivity index (χ2n) is 5.32. The molecule has 0 bridgehead atoms. The highest BCUT2D eigenvalue weighted by Gasteiger charge is 1.86. The van der Waals surface area contributed by atoms with E-state index in [4.69, 9.17) is 10.2 Å². The van der Waals surface area contributed by atoms with E-state index in [1.807, 2.05) is 97.1 Å². The van der Waals surface area contributed by atoms with Gasteiger partial charge >= 0.3 is 11.9 Å². The summed E-state index contributed by atoms with van der Waals surface area (Å²) in [6.07, 6.45) is 5.36. The molecule has 0 fully saturated rings. The monoisotopic (exact) mass is 374 g/mol. The number of rotatable bonds is 4. The quantitative estimate of drug-likeness (QED) is 0.611. The third kappa shape index (κ3) is 12.4. The van der Waals surface area contributed by atoms with Crippen LogP contribution in [0.3, 0.4) is 0 Å². The van der Waals surface area contributed by atoms with Crippen molar-refractivity contribution in [1.82, 2.24) is 0 Å². The van der Waals surface area contributed by atoms with E-state index in [1.54, 1.807) is 12.2 Å². The van der Waals surface area contributed by atoms with Gasteiger partial charge in [0.05, 0.1) is 0 Å². The first-order chi connectivity index (χ1) is 13.6. The van der Waals surface area contributed by atoms with Gasteiger partial charge in [-0.15, -0.1) is 0 Å². The lowest BCUT2D eigenvalue weighted by atomic mass is 10.2. The zero-order chi connectivity index (χ0) is 20.5. The molecule has 2 N–H and O–H groups in total. The molecule has 142 valence electrons. The van der Waals surface area contributed by atoms with Crippen molar-refractivity contribution in [3.63, 3.8) is 0 Å². The molecule has 3 aromatic rings. The summed E-state index contributed by atoms with van der Waals surface area (Å²) >= 11 is 0. The average molecular weight is 374 g/mol. The summed E-state index contributed by atoms with van der Waals surface area (Å²) in [5, 5.41) is 16.6. The molecular formula is C24H22O4. The summed E-state index contributed by atoms with van der Waals surface area (Å²) < 4.78 is 0. The van der Waals surface area contributed by atoms with Gasteiger partial charge in [-0.25, -0.2) is 9.59 Å². The van der Waals surface area contributed by atoms with Crippen molar-refractivity contribution >= 4 is 24.1 Å². The van der Waals surface area contributed by atoms with Crippen LogP contribution >= 0.6 is 0 Å². The van der Waals surface area contributed by atoms with Gasteiger partial charge in [0, 0.05) is 12.2 Å². The van der Waals surface area contributed by atoms with Crippen molar-refractivity contribution in [1.29, 1.82) is 0 Å². The molecule has 0 radical (unpaired) electrons. The van der Waals surface area contributed by atoms with Crippen LogP contribution in [0.25, 0.3) is 12.2 Å². The summed E-state index contributed by atoms with van der Waals surface area (Å²) in [7, 11) is 0.